The van der Waals surface area contributed by atoms with Gasteiger partial charge in [0.1, 0.15) is 6.54 Å². The van der Waals surface area contributed by atoms with Gasteiger partial charge in [0.25, 0.3) is 5.91 Å². The summed E-state index contributed by atoms with van der Waals surface area (Å²) in [5, 5.41) is 5.53. The number of sulfonamides is 1. The van der Waals surface area contributed by atoms with Gasteiger partial charge >= 0.3 is 0 Å². The number of rotatable bonds is 8. The number of para-hydroxylation sites is 2. The van der Waals surface area contributed by atoms with Crippen molar-refractivity contribution < 1.29 is 18.0 Å². The molecule has 0 unspecified atom stereocenters. The van der Waals surface area contributed by atoms with E-state index in [1.165, 1.54) is 0 Å². The van der Waals surface area contributed by atoms with Crippen LogP contribution >= 0.6 is 0 Å². The lowest BCUT2D eigenvalue weighted by atomic mass is 10.1. The molecule has 0 fully saturated rings. The highest BCUT2D eigenvalue weighted by atomic mass is 32.2. The Morgan fingerprint density at radius 1 is 0.848 bits per heavy atom. The second-order valence-corrected chi connectivity index (χ2v) is 9.68. The number of benzene rings is 3. The van der Waals surface area contributed by atoms with E-state index in [1.54, 1.807) is 50.2 Å². The first-order valence-corrected chi connectivity index (χ1v) is 12.3. The molecule has 7 nitrogen and oxygen atoms in total. The molecule has 3 rings (SSSR count). The highest BCUT2D eigenvalue weighted by Crippen LogP contribution is 2.27. The van der Waals surface area contributed by atoms with E-state index in [9.17, 15) is 18.0 Å². The number of carbonyl (C=O) groups excluding carboxylic acids is 2. The standard InChI is InChI=1S/C25H27N3O4S/c1-18-10-9-11-19(2)24(18)28(33(3,31)32)17-23(29)27-22-15-8-7-14-21(22)25(30)26-16-20-12-5-4-6-13-20/h4-15H,16-17H2,1-3H3,(H,26,30)(H,27,29). The fourth-order valence-electron chi connectivity index (χ4n) is 3.54. The fraction of sp³-hybridized carbons (Fsp3) is 0.200. The quantitative estimate of drug-likeness (QED) is 0.531. The molecule has 0 radical (unpaired) electrons. The largest absolute Gasteiger partial charge is 0.348 e. The monoisotopic (exact) mass is 465 g/mol. The first-order valence-electron chi connectivity index (χ1n) is 10.4. The van der Waals surface area contributed by atoms with Crippen LogP contribution in [-0.4, -0.2) is 33.0 Å². The molecule has 3 aromatic rings. The number of anilines is 2. The minimum atomic E-state index is -3.72. The maximum atomic E-state index is 12.9. The molecule has 33 heavy (non-hydrogen) atoms. The summed E-state index contributed by atoms with van der Waals surface area (Å²) in [6, 6.07) is 21.5. The van der Waals surface area contributed by atoms with Crippen LogP contribution in [-0.2, 0) is 21.4 Å². The van der Waals surface area contributed by atoms with Gasteiger partial charge in [-0.25, -0.2) is 8.42 Å². The van der Waals surface area contributed by atoms with Crippen LogP contribution in [0.3, 0.4) is 0 Å². The molecule has 3 aromatic carbocycles. The molecule has 0 saturated heterocycles. The van der Waals surface area contributed by atoms with Crippen LogP contribution in [0.4, 0.5) is 11.4 Å². The van der Waals surface area contributed by atoms with Gasteiger partial charge in [-0.1, -0.05) is 60.7 Å². The van der Waals surface area contributed by atoms with Gasteiger partial charge in [0.2, 0.25) is 15.9 Å². The van der Waals surface area contributed by atoms with Crippen LogP contribution in [0.5, 0.6) is 0 Å². The second kappa shape index (κ2) is 10.3. The highest BCUT2D eigenvalue weighted by molar-refractivity contribution is 7.92. The molecule has 2 N–H and O–H groups in total. The third kappa shape index (κ3) is 6.20. The van der Waals surface area contributed by atoms with Gasteiger partial charge in [0.15, 0.2) is 0 Å². The van der Waals surface area contributed by atoms with E-state index >= 15 is 0 Å². The summed E-state index contributed by atoms with van der Waals surface area (Å²) in [5.41, 5.74) is 3.51. The predicted octanol–water partition coefficient (Wildman–Crippen LogP) is 3.64. The maximum Gasteiger partial charge on any atom is 0.253 e. The zero-order valence-electron chi connectivity index (χ0n) is 18.8. The molecule has 0 saturated carbocycles. The van der Waals surface area contributed by atoms with Crippen molar-refractivity contribution in [1.29, 1.82) is 0 Å². The van der Waals surface area contributed by atoms with Crippen LogP contribution < -0.4 is 14.9 Å². The molecule has 0 aliphatic carbocycles. The molecule has 0 spiro atoms. The fourth-order valence-corrected chi connectivity index (χ4v) is 4.52. The minimum Gasteiger partial charge on any atom is -0.348 e. The molecule has 172 valence electrons. The van der Waals surface area contributed by atoms with E-state index < -0.39 is 22.5 Å². The highest BCUT2D eigenvalue weighted by Gasteiger charge is 2.24. The Kier molecular flexibility index (Phi) is 7.50. The van der Waals surface area contributed by atoms with Gasteiger partial charge in [-0.15, -0.1) is 0 Å². The Morgan fingerprint density at radius 2 is 1.45 bits per heavy atom. The van der Waals surface area contributed by atoms with Crippen molar-refractivity contribution in [3.8, 4) is 0 Å². The molecule has 0 aromatic heterocycles. The molecular weight excluding hydrogens is 438 g/mol. The van der Waals surface area contributed by atoms with Crippen LogP contribution in [0, 0.1) is 13.8 Å². The summed E-state index contributed by atoms with van der Waals surface area (Å²) < 4.78 is 26.1. The predicted molar refractivity (Wildman–Crippen MR) is 131 cm³/mol. The van der Waals surface area contributed by atoms with E-state index in [2.05, 4.69) is 10.6 Å². The topological polar surface area (TPSA) is 95.6 Å². The lowest BCUT2D eigenvalue weighted by molar-refractivity contribution is -0.114. The van der Waals surface area contributed by atoms with Crippen LogP contribution in [0.25, 0.3) is 0 Å². The third-order valence-electron chi connectivity index (χ3n) is 5.12. The van der Waals surface area contributed by atoms with Gasteiger partial charge in [-0.3, -0.25) is 13.9 Å². The lowest BCUT2D eigenvalue weighted by Crippen LogP contribution is -2.38. The van der Waals surface area contributed by atoms with Gasteiger partial charge in [0, 0.05) is 6.54 Å². The summed E-state index contributed by atoms with van der Waals surface area (Å²) in [6.45, 7) is 3.52. The van der Waals surface area contributed by atoms with Gasteiger partial charge in [-0.2, -0.15) is 0 Å². The summed E-state index contributed by atoms with van der Waals surface area (Å²) in [7, 11) is -3.72. The lowest BCUT2D eigenvalue weighted by Gasteiger charge is -2.25. The number of aryl methyl sites for hydroxylation is 2. The Balaban J connectivity index is 1.78. The third-order valence-corrected chi connectivity index (χ3v) is 6.23. The first kappa shape index (κ1) is 24.0. The number of nitrogens with zero attached hydrogens (tertiary/aromatic N) is 1. The number of nitrogens with one attached hydrogen (secondary N) is 2. The average molecular weight is 466 g/mol. The van der Waals surface area contributed by atoms with E-state index in [1.807, 2.05) is 36.4 Å². The Bertz CT molecular complexity index is 1240. The van der Waals surface area contributed by atoms with Gasteiger partial charge in [-0.05, 0) is 42.7 Å². The van der Waals surface area contributed by atoms with Crippen LogP contribution in [0.1, 0.15) is 27.0 Å². The Morgan fingerprint density at radius 3 is 2.09 bits per heavy atom. The number of carbonyl (C=O) groups is 2. The minimum absolute atomic E-state index is 0.291. The smallest absolute Gasteiger partial charge is 0.253 e. The maximum absolute atomic E-state index is 12.9. The second-order valence-electron chi connectivity index (χ2n) is 7.77. The zero-order chi connectivity index (χ0) is 24.0. The van der Waals surface area contributed by atoms with Crippen molar-refractivity contribution in [3.05, 3.63) is 95.1 Å². The number of hydrogen-bond donors (Lipinski definition) is 2. The Hall–Kier alpha value is -3.65. The van der Waals surface area contributed by atoms with E-state index in [0.29, 0.717) is 23.5 Å². The zero-order valence-corrected chi connectivity index (χ0v) is 19.6. The summed E-state index contributed by atoms with van der Waals surface area (Å²) in [5.74, 6) is -0.893. The van der Waals surface area contributed by atoms with Crippen molar-refractivity contribution in [2.45, 2.75) is 20.4 Å². The molecule has 0 aliphatic rings. The summed E-state index contributed by atoms with van der Waals surface area (Å²) in [4.78, 5) is 25.6. The van der Waals surface area contributed by atoms with Gasteiger partial charge in [0.05, 0.1) is 23.2 Å². The summed E-state index contributed by atoms with van der Waals surface area (Å²) in [6.07, 6.45) is 1.07. The van der Waals surface area contributed by atoms with Crippen LogP contribution in [0.2, 0.25) is 0 Å². The average Bonchev–Trinajstić information content (AvgIpc) is 2.77. The SMILES string of the molecule is Cc1cccc(C)c1N(CC(=O)Nc1ccccc1C(=O)NCc1ccccc1)S(C)(=O)=O. The number of hydrogen-bond acceptors (Lipinski definition) is 4. The van der Waals surface area contributed by atoms with E-state index in [0.717, 1.165) is 27.3 Å². The van der Waals surface area contributed by atoms with Crippen molar-refractivity contribution in [2.75, 3.05) is 22.4 Å². The molecular formula is C25H27N3O4S. The van der Waals surface area contributed by atoms with E-state index in [4.69, 9.17) is 0 Å². The van der Waals surface area contributed by atoms with Crippen molar-refractivity contribution in [2.24, 2.45) is 0 Å². The molecule has 8 heteroatoms. The van der Waals surface area contributed by atoms with Crippen molar-refractivity contribution in [1.82, 2.24) is 5.32 Å². The Labute approximate surface area is 194 Å². The molecule has 0 aliphatic heterocycles. The molecule has 2 amide bonds. The number of amides is 2. The molecule has 0 heterocycles. The molecule has 0 bridgehead atoms. The van der Waals surface area contributed by atoms with Gasteiger partial charge < -0.3 is 10.6 Å². The first-order chi connectivity index (χ1) is 15.7. The van der Waals surface area contributed by atoms with Crippen molar-refractivity contribution >= 4 is 33.2 Å². The molecule has 0 atom stereocenters. The van der Waals surface area contributed by atoms with Crippen molar-refractivity contribution in [3.63, 3.8) is 0 Å². The summed E-state index contributed by atoms with van der Waals surface area (Å²) >= 11 is 0. The normalized spacial score (nSPS) is 11.0. The van der Waals surface area contributed by atoms with Crippen LogP contribution in [0.15, 0.2) is 72.8 Å². The van der Waals surface area contributed by atoms with E-state index in [-0.39, 0.29) is 5.91 Å².